The third-order valence-corrected chi connectivity index (χ3v) is 8.48. The van der Waals surface area contributed by atoms with E-state index in [4.69, 9.17) is 4.74 Å². The molecule has 1 aliphatic heterocycles. The fourth-order valence-corrected chi connectivity index (χ4v) is 6.16. The number of halogens is 1. The van der Waals surface area contributed by atoms with Gasteiger partial charge in [-0.05, 0) is 89.4 Å². The Kier molecular flexibility index (Phi) is 6.61. The number of fused-ring (bicyclic) bond motifs is 2. The first-order chi connectivity index (χ1) is 20.1. The van der Waals surface area contributed by atoms with Gasteiger partial charge in [0, 0.05) is 37.3 Å². The molecule has 5 aromatic rings. The third-order valence-electron chi connectivity index (χ3n) is 8.48. The van der Waals surface area contributed by atoms with Crippen molar-refractivity contribution >= 4 is 22.4 Å². The second-order valence-electron chi connectivity index (χ2n) is 11.2. The van der Waals surface area contributed by atoms with Gasteiger partial charge in [0.05, 0.1) is 5.52 Å². The average molecular weight is 547 g/mol. The summed E-state index contributed by atoms with van der Waals surface area (Å²) in [6.45, 7) is 5.41. The van der Waals surface area contributed by atoms with Crippen LogP contribution in [0.2, 0.25) is 0 Å². The summed E-state index contributed by atoms with van der Waals surface area (Å²) in [5.74, 6) is 3.02. The minimum Gasteiger partial charge on any atom is -0.454 e. The van der Waals surface area contributed by atoms with Crippen LogP contribution in [0.3, 0.4) is 0 Å². The van der Waals surface area contributed by atoms with E-state index in [-0.39, 0.29) is 5.75 Å². The molecule has 2 atom stereocenters. The molecule has 41 heavy (non-hydrogen) atoms. The summed E-state index contributed by atoms with van der Waals surface area (Å²) in [4.78, 5) is 11.5. The molecule has 2 heterocycles. The Bertz CT molecular complexity index is 1710. The molecule has 0 amide bonds. The number of ether oxygens (including phenoxy) is 1. The van der Waals surface area contributed by atoms with Gasteiger partial charge in [-0.15, -0.1) is 0 Å². The van der Waals surface area contributed by atoms with Crippen LogP contribution in [0.1, 0.15) is 11.1 Å². The van der Waals surface area contributed by atoms with Gasteiger partial charge in [-0.1, -0.05) is 42.5 Å². The fourth-order valence-electron chi connectivity index (χ4n) is 6.16. The van der Waals surface area contributed by atoms with E-state index < -0.39 is 5.82 Å². The predicted molar refractivity (Wildman–Crippen MR) is 159 cm³/mol. The van der Waals surface area contributed by atoms with E-state index in [0.717, 1.165) is 52.9 Å². The highest BCUT2D eigenvalue weighted by atomic mass is 19.1. The van der Waals surface area contributed by atoms with Gasteiger partial charge in [-0.2, -0.15) is 0 Å². The molecule has 0 spiro atoms. The lowest BCUT2D eigenvalue weighted by Gasteiger charge is -2.19. The highest BCUT2D eigenvalue weighted by molar-refractivity contribution is 5.93. The maximum Gasteiger partial charge on any atom is 0.165 e. The van der Waals surface area contributed by atoms with Crippen molar-refractivity contribution in [1.82, 2.24) is 14.9 Å². The van der Waals surface area contributed by atoms with Crippen LogP contribution in [0, 0.1) is 30.5 Å². The maximum atomic E-state index is 14.1. The normalized spacial score (nSPS) is 19.7. The van der Waals surface area contributed by atoms with Gasteiger partial charge in [0.25, 0.3) is 0 Å². The van der Waals surface area contributed by atoms with E-state index in [1.807, 2.05) is 31.2 Å². The standard InChI is InChI=1S/C34H31FN4O2/c1-21-14-25(11-13-32(21)41-33-5-3-2-4-30(33)35)38-34-26-15-24(10-12-31(26)36-20-37-34)23-8-6-22(7-9-23)16-39-17-27-28(18-39)29(27)19-40/h2-15,20,27-29,40H,16-19H2,1H3,(H,36,37,38). The van der Waals surface area contributed by atoms with Gasteiger partial charge in [0.1, 0.15) is 17.9 Å². The number of hydrogen-bond donors (Lipinski definition) is 2. The zero-order valence-corrected chi connectivity index (χ0v) is 22.8. The van der Waals surface area contributed by atoms with Gasteiger partial charge >= 0.3 is 0 Å². The number of likely N-dealkylation sites (tertiary alicyclic amines) is 1. The number of para-hydroxylation sites is 1. The number of aliphatic hydroxyl groups excluding tert-OH is 1. The molecule has 1 saturated heterocycles. The van der Waals surface area contributed by atoms with Crippen molar-refractivity contribution in [3.05, 3.63) is 108 Å². The predicted octanol–water partition coefficient (Wildman–Crippen LogP) is 6.95. The van der Waals surface area contributed by atoms with E-state index in [2.05, 4.69) is 56.6 Å². The Hall–Kier alpha value is -4.33. The van der Waals surface area contributed by atoms with Crippen LogP contribution in [-0.2, 0) is 6.54 Å². The monoisotopic (exact) mass is 546 g/mol. The molecule has 0 radical (unpaired) electrons. The van der Waals surface area contributed by atoms with Crippen molar-refractivity contribution in [3.8, 4) is 22.6 Å². The number of piperidine rings is 1. The van der Waals surface area contributed by atoms with Crippen LogP contribution < -0.4 is 10.1 Å². The molecule has 4 aromatic carbocycles. The molecule has 2 aliphatic rings. The number of aliphatic hydroxyl groups is 1. The number of nitrogens with zero attached hydrogens (tertiary/aromatic N) is 3. The number of anilines is 2. The zero-order chi connectivity index (χ0) is 27.9. The Balaban J connectivity index is 1.08. The number of nitrogens with one attached hydrogen (secondary N) is 1. The van der Waals surface area contributed by atoms with Gasteiger partial charge in [-0.3, -0.25) is 4.90 Å². The van der Waals surface area contributed by atoms with Crippen LogP contribution in [-0.4, -0.2) is 39.7 Å². The molecule has 1 aliphatic carbocycles. The molecule has 7 rings (SSSR count). The number of hydrogen-bond acceptors (Lipinski definition) is 6. The summed E-state index contributed by atoms with van der Waals surface area (Å²) in [6.07, 6.45) is 1.56. The van der Waals surface area contributed by atoms with E-state index in [1.165, 1.54) is 11.6 Å². The number of rotatable bonds is 8. The minimum absolute atomic E-state index is 0.197. The van der Waals surface area contributed by atoms with Crippen molar-refractivity contribution in [1.29, 1.82) is 0 Å². The van der Waals surface area contributed by atoms with Crippen LogP contribution >= 0.6 is 0 Å². The van der Waals surface area contributed by atoms with Crippen molar-refractivity contribution in [2.45, 2.75) is 13.5 Å². The topological polar surface area (TPSA) is 70.5 Å². The number of aromatic nitrogens is 2. The van der Waals surface area contributed by atoms with E-state index in [0.29, 0.717) is 35.9 Å². The van der Waals surface area contributed by atoms with Crippen LogP contribution in [0.25, 0.3) is 22.0 Å². The molecular weight excluding hydrogens is 515 g/mol. The SMILES string of the molecule is Cc1cc(Nc2ncnc3ccc(-c4ccc(CN5CC6C(CO)C6C5)cc4)cc23)ccc1Oc1ccccc1F. The highest BCUT2D eigenvalue weighted by Crippen LogP contribution is 2.51. The first-order valence-electron chi connectivity index (χ1n) is 14.0. The smallest absolute Gasteiger partial charge is 0.165 e. The number of benzene rings is 4. The van der Waals surface area contributed by atoms with Crippen molar-refractivity contribution < 1.29 is 14.2 Å². The van der Waals surface area contributed by atoms with Gasteiger partial charge in [-0.25, -0.2) is 14.4 Å². The second kappa shape index (κ2) is 10.6. The Morgan fingerprint density at radius 3 is 2.44 bits per heavy atom. The fraction of sp³-hybridized carbons (Fsp3) is 0.235. The van der Waals surface area contributed by atoms with E-state index >= 15 is 0 Å². The van der Waals surface area contributed by atoms with E-state index in [1.54, 1.807) is 24.5 Å². The van der Waals surface area contributed by atoms with Gasteiger partial charge in [0.2, 0.25) is 0 Å². The van der Waals surface area contributed by atoms with Crippen LogP contribution in [0.5, 0.6) is 11.5 Å². The summed E-state index contributed by atoms with van der Waals surface area (Å²) < 4.78 is 19.9. The molecule has 2 fully saturated rings. The lowest BCUT2D eigenvalue weighted by molar-refractivity contribution is 0.217. The molecular formula is C34H31FN4O2. The zero-order valence-electron chi connectivity index (χ0n) is 22.8. The molecule has 1 aromatic heterocycles. The maximum absolute atomic E-state index is 14.1. The van der Waals surface area contributed by atoms with Gasteiger partial charge in [0.15, 0.2) is 11.6 Å². The Morgan fingerprint density at radius 1 is 0.902 bits per heavy atom. The number of aryl methyl sites for hydroxylation is 1. The molecule has 7 heteroatoms. The summed E-state index contributed by atoms with van der Waals surface area (Å²) >= 11 is 0. The largest absolute Gasteiger partial charge is 0.454 e. The lowest BCUT2D eigenvalue weighted by Crippen LogP contribution is -2.24. The minimum atomic E-state index is -0.396. The summed E-state index contributed by atoms with van der Waals surface area (Å²) in [5.41, 5.74) is 6.12. The van der Waals surface area contributed by atoms with Crippen molar-refractivity contribution in [2.24, 2.45) is 17.8 Å². The first-order valence-corrected chi connectivity index (χ1v) is 14.0. The first kappa shape index (κ1) is 25.6. The Labute approximate surface area is 238 Å². The van der Waals surface area contributed by atoms with Gasteiger partial charge < -0.3 is 15.2 Å². The van der Waals surface area contributed by atoms with E-state index in [9.17, 15) is 9.50 Å². The summed E-state index contributed by atoms with van der Waals surface area (Å²) in [7, 11) is 0. The molecule has 2 unspecified atom stereocenters. The third kappa shape index (κ3) is 5.14. The summed E-state index contributed by atoms with van der Waals surface area (Å²) in [5, 5.41) is 13.8. The summed E-state index contributed by atoms with van der Waals surface area (Å²) in [6, 6.07) is 27.1. The lowest BCUT2D eigenvalue weighted by atomic mass is 10.0. The average Bonchev–Trinajstić information content (AvgIpc) is 3.47. The molecule has 6 nitrogen and oxygen atoms in total. The van der Waals surface area contributed by atoms with Crippen LogP contribution in [0.4, 0.5) is 15.9 Å². The Morgan fingerprint density at radius 2 is 1.68 bits per heavy atom. The molecule has 1 saturated carbocycles. The second-order valence-corrected chi connectivity index (χ2v) is 11.2. The molecule has 2 N–H and O–H groups in total. The quantitative estimate of drug-likeness (QED) is 0.220. The van der Waals surface area contributed by atoms with Crippen LogP contribution in [0.15, 0.2) is 91.3 Å². The van der Waals surface area contributed by atoms with Crippen molar-refractivity contribution in [2.75, 3.05) is 25.0 Å². The van der Waals surface area contributed by atoms with Crippen molar-refractivity contribution in [3.63, 3.8) is 0 Å². The highest BCUT2D eigenvalue weighted by Gasteiger charge is 2.54. The molecule has 0 bridgehead atoms. The molecule has 206 valence electrons.